The van der Waals surface area contributed by atoms with Crippen LogP contribution < -0.4 is 0 Å². The molecule has 97 valence electrons. The molecule has 1 unspecified atom stereocenters. The first-order valence-electron chi connectivity index (χ1n) is 2.99. The second-order valence-electron chi connectivity index (χ2n) is 2.40. The minimum Gasteiger partial charge on any atom is -0.220 e. The predicted molar refractivity (Wildman–Crippen MR) is 29.7 cm³/mol. The van der Waals surface area contributed by atoms with Crippen LogP contribution in [0.15, 0.2) is 0 Å². The van der Waals surface area contributed by atoms with Crippen molar-refractivity contribution in [2.45, 2.75) is 23.3 Å². The molecule has 0 aromatic rings. The molecule has 16 heavy (non-hydrogen) atoms. The van der Waals surface area contributed by atoms with E-state index >= 15 is 0 Å². The summed E-state index contributed by atoms with van der Waals surface area (Å²) < 4.78 is 125. The quantitative estimate of drug-likeness (QED) is 0.733. The van der Waals surface area contributed by atoms with Crippen LogP contribution in [0.5, 0.6) is 0 Å². The second kappa shape index (κ2) is 3.75. The van der Waals surface area contributed by atoms with Crippen molar-refractivity contribution in [1.82, 2.24) is 0 Å². The lowest BCUT2D eigenvalue weighted by molar-refractivity contribution is -0.382. The Hall–Kier alpha value is -0.520. The van der Waals surface area contributed by atoms with Gasteiger partial charge >= 0.3 is 23.3 Å². The van der Waals surface area contributed by atoms with Crippen LogP contribution in [0.1, 0.15) is 0 Å². The normalized spacial score (nSPS) is 17.4. The van der Waals surface area contributed by atoms with Gasteiger partial charge in [-0.3, -0.25) is 0 Å². The summed E-state index contributed by atoms with van der Waals surface area (Å²) in [7, 11) is 0. The molecule has 1 radical (unpaired) electrons. The molecule has 0 spiro atoms. The fraction of sp³-hybridized carbons (Fsp3) is 1.00. The number of hydrogen-bond acceptors (Lipinski definition) is 1. The average Bonchev–Trinajstić information content (AvgIpc) is 2.00. The third kappa shape index (κ3) is 1.99. The SMILES string of the molecule is [O]S(=O)C(F)(F)C(F)(F)C(F)(F)C(F)(F)F. The molecule has 0 aromatic heterocycles. The van der Waals surface area contributed by atoms with Gasteiger partial charge in [0.05, 0.1) is 0 Å². The van der Waals surface area contributed by atoms with Gasteiger partial charge in [0.2, 0.25) is 0 Å². The van der Waals surface area contributed by atoms with Crippen LogP contribution >= 0.6 is 0 Å². The summed E-state index contributed by atoms with van der Waals surface area (Å²) in [5.74, 6) is -14.3. The summed E-state index contributed by atoms with van der Waals surface area (Å²) in [6, 6.07) is 0. The van der Waals surface area contributed by atoms with Gasteiger partial charge in [0.25, 0.3) is 11.1 Å². The van der Waals surface area contributed by atoms with Gasteiger partial charge in [-0.05, 0) is 0 Å². The van der Waals surface area contributed by atoms with Gasteiger partial charge in [-0.1, -0.05) is 0 Å². The lowest BCUT2D eigenvalue weighted by Gasteiger charge is -2.31. The lowest BCUT2D eigenvalue weighted by atomic mass is 10.1. The molecule has 12 heteroatoms. The molecule has 0 aliphatic heterocycles. The van der Waals surface area contributed by atoms with Crippen LogP contribution in [0.25, 0.3) is 0 Å². The first kappa shape index (κ1) is 15.5. The van der Waals surface area contributed by atoms with Crippen molar-refractivity contribution >= 4 is 11.1 Å². The standard InChI is InChI=1S/C4F9O2S/c5-1(6,3(9,10)11)2(7,8)4(12,13)16(14)15. The molecule has 0 aliphatic carbocycles. The van der Waals surface area contributed by atoms with Crippen molar-refractivity contribution in [1.29, 1.82) is 0 Å². The van der Waals surface area contributed by atoms with Crippen molar-refractivity contribution in [3.05, 3.63) is 0 Å². The molecule has 0 saturated carbocycles. The second-order valence-corrected chi connectivity index (χ2v) is 3.38. The Balaban J connectivity index is 5.62. The van der Waals surface area contributed by atoms with E-state index in [9.17, 15) is 48.3 Å². The van der Waals surface area contributed by atoms with Crippen molar-refractivity contribution in [3.8, 4) is 0 Å². The Bertz CT molecular complexity index is 294. The Morgan fingerprint density at radius 2 is 1.00 bits per heavy atom. The van der Waals surface area contributed by atoms with Crippen LogP contribution in [0.3, 0.4) is 0 Å². The minimum atomic E-state index is -7.18. The first-order valence-corrected chi connectivity index (χ1v) is 4.06. The van der Waals surface area contributed by atoms with E-state index in [4.69, 9.17) is 0 Å². The highest BCUT2D eigenvalue weighted by Gasteiger charge is 2.84. The number of rotatable bonds is 3. The van der Waals surface area contributed by atoms with Crippen LogP contribution in [-0.2, 0) is 15.6 Å². The zero-order valence-electron chi connectivity index (χ0n) is 6.63. The maximum atomic E-state index is 12.1. The molecule has 0 fully saturated rings. The van der Waals surface area contributed by atoms with E-state index in [1.165, 1.54) is 0 Å². The van der Waals surface area contributed by atoms with Crippen molar-refractivity contribution in [2.24, 2.45) is 0 Å². The molecule has 0 bridgehead atoms. The van der Waals surface area contributed by atoms with E-state index < -0.39 is 34.4 Å². The molecule has 0 rings (SSSR count). The first-order chi connectivity index (χ1) is 6.69. The monoisotopic (exact) mass is 283 g/mol. The summed E-state index contributed by atoms with van der Waals surface area (Å²) in [6.07, 6.45) is -7.01. The van der Waals surface area contributed by atoms with Crippen molar-refractivity contribution in [2.75, 3.05) is 0 Å². The highest BCUT2D eigenvalue weighted by Crippen LogP contribution is 2.53. The molecular formula is C4F9O2S. The van der Waals surface area contributed by atoms with Crippen LogP contribution in [0, 0.1) is 0 Å². The molecule has 0 heterocycles. The van der Waals surface area contributed by atoms with Crippen LogP contribution in [0.4, 0.5) is 39.5 Å². The largest absolute Gasteiger partial charge is 0.460 e. The van der Waals surface area contributed by atoms with Gasteiger partial charge in [-0.2, -0.15) is 39.5 Å². The summed E-state index contributed by atoms with van der Waals surface area (Å²) >= 11 is -5.14. The molecule has 0 amide bonds. The zero-order chi connectivity index (χ0) is 13.6. The fourth-order valence-corrected chi connectivity index (χ4v) is 0.803. The summed E-state index contributed by atoms with van der Waals surface area (Å²) in [6.45, 7) is 0. The van der Waals surface area contributed by atoms with E-state index in [-0.39, 0.29) is 0 Å². The molecule has 0 N–H and O–H groups in total. The van der Waals surface area contributed by atoms with Gasteiger partial charge in [0, 0.05) is 0 Å². The van der Waals surface area contributed by atoms with Crippen LogP contribution in [-0.4, -0.2) is 27.5 Å². The molecule has 2 nitrogen and oxygen atoms in total. The predicted octanol–water partition coefficient (Wildman–Crippen LogP) is 2.51. The maximum Gasteiger partial charge on any atom is 0.460 e. The van der Waals surface area contributed by atoms with Crippen molar-refractivity contribution in [3.63, 3.8) is 0 Å². The Morgan fingerprint density at radius 1 is 0.688 bits per heavy atom. The highest BCUT2D eigenvalue weighted by atomic mass is 32.2. The lowest BCUT2D eigenvalue weighted by Crippen LogP contribution is -2.61. The smallest absolute Gasteiger partial charge is 0.220 e. The topological polar surface area (TPSA) is 37.0 Å². The molecular weight excluding hydrogens is 283 g/mol. The summed E-state index contributed by atoms with van der Waals surface area (Å²) in [4.78, 5) is 0. The minimum absolute atomic E-state index is 5.14. The van der Waals surface area contributed by atoms with E-state index in [0.29, 0.717) is 0 Å². The van der Waals surface area contributed by atoms with Crippen molar-refractivity contribution < 1.29 is 48.3 Å². The van der Waals surface area contributed by atoms with E-state index in [1.54, 1.807) is 0 Å². The van der Waals surface area contributed by atoms with Gasteiger partial charge in [-0.25, -0.2) is 4.21 Å². The third-order valence-corrected chi connectivity index (χ3v) is 2.00. The Morgan fingerprint density at radius 3 is 1.19 bits per heavy atom. The molecule has 0 aliphatic rings. The Labute approximate surface area is 83.7 Å². The molecule has 1 atom stereocenters. The molecule has 0 saturated heterocycles. The van der Waals surface area contributed by atoms with E-state index in [0.717, 1.165) is 0 Å². The van der Waals surface area contributed by atoms with Gasteiger partial charge in [-0.15, -0.1) is 4.55 Å². The summed E-state index contributed by atoms with van der Waals surface area (Å²) in [5, 5.41) is -6.55. The number of alkyl halides is 9. The average molecular weight is 283 g/mol. The van der Waals surface area contributed by atoms with Gasteiger partial charge in [0.15, 0.2) is 0 Å². The zero-order valence-corrected chi connectivity index (χ0v) is 7.44. The molecule has 0 aromatic carbocycles. The van der Waals surface area contributed by atoms with E-state index in [1.807, 2.05) is 0 Å². The van der Waals surface area contributed by atoms with Crippen LogP contribution in [0.2, 0.25) is 0 Å². The number of halogens is 9. The highest BCUT2D eigenvalue weighted by molar-refractivity contribution is 7.80. The third-order valence-electron chi connectivity index (χ3n) is 1.33. The fourth-order valence-electron chi connectivity index (χ4n) is 0.465. The number of hydrogen-bond donors (Lipinski definition) is 0. The summed E-state index contributed by atoms with van der Waals surface area (Å²) in [5.41, 5.74) is 0. The Kier molecular flexibility index (Phi) is 3.63. The van der Waals surface area contributed by atoms with Gasteiger partial charge in [0.1, 0.15) is 0 Å². The van der Waals surface area contributed by atoms with E-state index in [2.05, 4.69) is 0 Å². The maximum absolute atomic E-state index is 12.1. The van der Waals surface area contributed by atoms with Gasteiger partial charge < -0.3 is 0 Å².